The van der Waals surface area contributed by atoms with Crippen molar-refractivity contribution in [1.29, 1.82) is 0 Å². The van der Waals surface area contributed by atoms with Crippen molar-refractivity contribution in [2.45, 2.75) is 50.9 Å². The van der Waals surface area contributed by atoms with Crippen LogP contribution in [0.5, 0.6) is 0 Å². The van der Waals surface area contributed by atoms with Crippen molar-refractivity contribution < 1.29 is 14.7 Å². The van der Waals surface area contributed by atoms with Gasteiger partial charge in [-0.3, -0.25) is 9.59 Å². The standard InChI is InChI=1S/C18H25NO3/c20-17(21)8-4-5-13-19-18(22)16-11-9-15(10-12-16)14-6-2-1-3-7-14/h1-3,6-7,15-16H,4-5,8-13H2,(H,19,22)(H,20,21). The molecule has 0 spiro atoms. The molecule has 1 aliphatic rings. The number of unbranched alkanes of at least 4 members (excludes halogenated alkanes) is 1. The summed E-state index contributed by atoms with van der Waals surface area (Å²) in [6, 6.07) is 10.5. The zero-order valence-corrected chi connectivity index (χ0v) is 13.0. The van der Waals surface area contributed by atoms with E-state index in [1.165, 1.54) is 5.56 Å². The Labute approximate surface area is 131 Å². The fourth-order valence-corrected chi connectivity index (χ4v) is 3.17. The lowest BCUT2D eigenvalue weighted by atomic mass is 9.78. The Morgan fingerprint density at radius 3 is 2.36 bits per heavy atom. The first-order chi connectivity index (χ1) is 10.7. The van der Waals surface area contributed by atoms with E-state index in [-0.39, 0.29) is 18.2 Å². The van der Waals surface area contributed by atoms with E-state index in [0.717, 1.165) is 32.1 Å². The van der Waals surface area contributed by atoms with Crippen molar-refractivity contribution >= 4 is 11.9 Å². The minimum Gasteiger partial charge on any atom is -0.481 e. The largest absolute Gasteiger partial charge is 0.481 e. The van der Waals surface area contributed by atoms with Gasteiger partial charge < -0.3 is 10.4 Å². The Kier molecular flexibility index (Phi) is 6.44. The first-order valence-corrected chi connectivity index (χ1v) is 8.21. The van der Waals surface area contributed by atoms with E-state index in [2.05, 4.69) is 29.6 Å². The van der Waals surface area contributed by atoms with E-state index < -0.39 is 5.97 Å². The number of aliphatic carboxylic acids is 1. The molecule has 0 atom stereocenters. The van der Waals surface area contributed by atoms with E-state index in [1.807, 2.05) is 6.07 Å². The third-order valence-electron chi connectivity index (χ3n) is 4.49. The summed E-state index contributed by atoms with van der Waals surface area (Å²) in [7, 11) is 0. The minimum absolute atomic E-state index is 0.124. The van der Waals surface area contributed by atoms with E-state index in [0.29, 0.717) is 18.9 Å². The highest BCUT2D eigenvalue weighted by Crippen LogP contribution is 2.35. The van der Waals surface area contributed by atoms with Crippen molar-refractivity contribution in [3.63, 3.8) is 0 Å². The van der Waals surface area contributed by atoms with Crippen LogP contribution < -0.4 is 5.32 Å². The molecule has 0 bridgehead atoms. The van der Waals surface area contributed by atoms with Crippen LogP contribution in [0.4, 0.5) is 0 Å². The highest BCUT2D eigenvalue weighted by atomic mass is 16.4. The lowest BCUT2D eigenvalue weighted by Gasteiger charge is -2.28. The van der Waals surface area contributed by atoms with Crippen molar-refractivity contribution in [1.82, 2.24) is 5.32 Å². The van der Waals surface area contributed by atoms with E-state index in [1.54, 1.807) is 0 Å². The second kappa shape index (κ2) is 8.57. The normalized spacial score (nSPS) is 21.3. The predicted octanol–water partition coefficient (Wildman–Crippen LogP) is 3.33. The number of nitrogens with one attached hydrogen (secondary N) is 1. The van der Waals surface area contributed by atoms with E-state index in [4.69, 9.17) is 5.11 Å². The molecule has 1 amide bonds. The van der Waals surface area contributed by atoms with E-state index in [9.17, 15) is 9.59 Å². The Morgan fingerprint density at radius 2 is 1.73 bits per heavy atom. The first kappa shape index (κ1) is 16.5. The molecule has 1 saturated carbocycles. The van der Waals surface area contributed by atoms with Gasteiger partial charge in [0.25, 0.3) is 0 Å². The van der Waals surface area contributed by atoms with Gasteiger partial charge in [0, 0.05) is 18.9 Å². The number of amides is 1. The monoisotopic (exact) mass is 303 g/mol. The quantitative estimate of drug-likeness (QED) is 0.759. The molecule has 4 nitrogen and oxygen atoms in total. The average molecular weight is 303 g/mol. The zero-order chi connectivity index (χ0) is 15.8. The molecule has 0 saturated heterocycles. The van der Waals surface area contributed by atoms with Gasteiger partial charge in [-0.2, -0.15) is 0 Å². The van der Waals surface area contributed by atoms with Gasteiger partial charge in [0.15, 0.2) is 0 Å². The van der Waals surface area contributed by atoms with Gasteiger partial charge in [-0.25, -0.2) is 0 Å². The molecule has 0 radical (unpaired) electrons. The van der Waals surface area contributed by atoms with Gasteiger partial charge in [-0.1, -0.05) is 30.3 Å². The van der Waals surface area contributed by atoms with Crippen molar-refractivity contribution in [2.24, 2.45) is 5.92 Å². The van der Waals surface area contributed by atoms with Gasteiger partial charge >= 0.3 is 5.97 Å². The molecular weight excluding hydrogens is 278 g/mol. The highest BCUT2D eigenvalue weighted by molar-refractivity contribution is 5.78. The molecule has 22 heavy (non-hydrogen) atoms. The number of hydrogen-bond donors (Lipinski definition) is 2. The Hall–Kier alpha value is -1.84. The van der Waals surface area contributed by atoms with Crippen molar-refractivity contribution in [3.8, 4) is 0 Å². The third-order valence-corrected chi connectivity index (χ3v) is 4.49. The number of carboxylic acids is 1. The number of benzene rings is 1. The number of carbonyl (C=O) groups excluding carboxylic acids is 1. The molecule has 0 unspecified atom stereocenters. The molecular formula is C18H25NO3. The van der Waals surface area contributed by atoms with Crippen LogP contribution in [-0.2, 0) is 9.59 Å². The van der Waals surface area contributed by atoms with Gasteiger partial charge in [0.05, 0.1) is 0 Å². The molecule has 1 fully saturated rings. The highest BCUT2D eigenvalue weighted by Gasteiger charge is 2.26. The van der Waals surface area contributed by atoms with Crippen LogP contribution in [0.2, 0.25) is 0 Å². The average Bonchev–Trinajstić information content (AvgIpc) is 2.55. The van der Waals surface area contributed by atoms with Crippen LogP contribution in [0.3, 0.4) is 0 Å². The summed E-state index contributed by atoms with van der Waals surface area (Å²) in [6.45, 7) is 0.588. The Bertz CT molecular complexity index is 478. The summed E-state index contributed by atoms with van der Waals surface area (Å²) < 4.78 is 0. The summed E-state index contributed by atoms with van der Waals surface area (Å²) in [5.74, 6) is 0.0765. The van der Waals surface area contributed by atoms with Gasteiger partial charge in [-0.15, -0.1) is 0 Å². The second-order valence-corrected chi connectivity index (χ2v) is 6.10. The van der Waals surface area contributed by atoms with Crippen LogP contribution >= 0.6 is 0 Å². The minimum atomic E-state index is -0.773. The van der Waals surface area contributed by atoms with Crippen molar-refractivity contribution in [3.05, 3.63) is 35.9 Å². The molecule has 2 N–H and O–H groups in total. The fraction of sp³-hybridized carbons (Fsp3) is 0.556. The van der Waals surface area contributed by atoms with Crippen LogP contribution in [0.15, 0.2) is 30.3 Å². The zero-order valence-electron chi connectivity index (χ0n) is 13.0. The van der Waals surface area contributed by atoms with Crippen LogP contribution in [-0.4, -0.2) is 23.5 Å². The molecule has 1 aliphatic carbocycles. The lowest BCUT2D eigenvalue weighted by Crippen LogP contribution is -2.33. The summed E-state index contributed by atoms with van der Waals surface area (Å²) in [4.78, 5) is 22.5. The van der Waals surface area contributed by atoms with Crippen LogP contribution in [0, 0.1) is 5.92 Å². The predicted molar refractivity (Wildman–Crippen MR) is 85.6 cm³/mol. The van der Waals surface area contributed by atoms with Crippen LogP contribution in [0.25, 0.3) is 0 Å². The molecule has 0 aromatic heterocycles. The van der Waals surface area contributed by atoms with Gasteiger partial charge in [0.2, 0.25) is 5.91 Å². The summed E-state index contributed by atoms with van der Waals surface area (Å²) in [6.07, 6.45) is 5.56. The Morgan fingerprint density at radius 1 is 1.05 bits per heavy atom. The third kappa shape index (κ3) is 5.17. The molecule has 0 heterocycles. The summed E-state index contributed by atoms with van der Waals surface area (Å²) >= 11 is 0. The smallest absolute Gasteiger partial charge is 0.303 e. The molecule has 1 aromatic carbocycles. The number of carbonyl (C=O) groups is 2. The maximum Gasteiger partial charge on any atom is 0.303 e. The first-order valence-electron chi connectivity index (χ1n) is 8.21. The molecule has 4 heteroatoms. The van der Waals surface area contributed by atoms with Gasteiger partial charge in [-0.05, 0) is 50.0 Å². The molecule has 2 rings (SSSR count). The fourth-order valence-electron chi connectivity index (χ4n) is 3.17. The number of hydrogen-bond acceptors (Lipinski definition) is 2. The van der Waals surface area contributed by atoms with Crippen LogP contribution in [0.1, 0.15) is 56.4 Å². The molecule has 1 aromatic rings. The van der Waals surface area contributed by atoms with Gasteiger partial charge in [0.1, 0.15) is 0 Å². The second-order valence-electron chi connectivity index (χ2n) is 6.10. The molecule has 0 aliphatic heterocycles. The topological polar surface area (TPSA) is 66.4 Å². The Balaban J connectivity index is 1.66. The lowest BCUT2D eigenvalue weighted by molar-refractivity contribution is -0.137. The summed E-state index contributed by atoms with van der Waals surface area (Å²) in [5, 5.41) is 11.5. The van der Waals surface area contributed by atoms with E-state index >= 15 is 0 Å². The SMILES string of the molecule is O=C(O)CCCCNC(=O)C1CCC(c2ccccc2)CC1. The number of rotatable bonds is 7. The molecule has 120 valence electrons. The summed E-state index contributed by atoms with van der Waals surface area (Å²) in [5.41, 5.74) is 1.38. The van der Waals surface area contributed by atoms with Crippen molar-refractivity contribution in [2.75, 3.05) is 6.54 Å². The maximum absolute atomic E-state index is 12.1. The maximum atomic E-state index is 12.1. The number of carboxylic acid groups (broad SMARTS) is 1.